The molecule has 1 aliphatic heterocycles. The first kappa shape index (κ1) is 19.9. The monoisotopic (exact) mass is 401 g/mol. The van der Waals surface area contributed by atoms with E-state index in [0.717, 1.165) is 0 Å². The average molecular weight is 401 g/mol. The molecule has 3 rings (SSSR count). The Morgan fingerprint density at radius 1 is 1.24 bits per heavy atom. The van der Waals surface area contributed by atoms with Crippen molar-refractivity contribution >= 4 is 23.2 Å². The number of nitro groups is 1. The lowest BCUT2D eigenvalue weighted by Gasteiger charge is -2.28. The van der Waals surface area contributed by atoms with Crippen LogP contribution in [-0.4, -0.2) is 44.1 Å². The van der Waals surface area contributed by atoms with Crippen molar-refractivity contribution in [2.24, 2.45) is 0 Å². The summed E-state index contributed by atoms with van der Waals surface area (Å²) in [5.74, 6) is 0.585. The van der Waals surface area contributed by atoms with Crippen LogP contribution in [0.2, 0.25) is 0 Å². The highest BCUT2D eigenvalue weighted by Gasteiger charge is 2.29. The molecule has 1 aliphatic rings. The summed E-state index contributed by atoms with van der Waals surface area (Å²) in [6, 6.07) is 9.10. The fourth-order valence-electron chi connectivity index (χ4n) is 2.89. The van der Waals surface area contributed by atoms with Crippen LogP contribution < -0.4 is 24.4 Å². The summed E-state index contributed by atoms with van der Waals surface area (Å²) in [4.78, 5) is 36.3. The van der Waals surface area contributed by atoms with Crippen LogP contribution in [0, 0.1) is 10.1 Å². The third-order valence-corrected chi connectivity index (χ3v) is 4.36. The molecule has 0 spiro atoms. The molecule has 0 unspecified atom stereocenters. The molecule has 10 nitrogen and oxygen atoms in total. The fourth-order valence-corrected chi connectivity index (χ4v) is 2.89. The van der Waals surface area contributed by atoms with E-state index in [0.29, 0.717) is 22.8 Å². The van der Waals surface area contributed by atoms with Crippen LogP contribution in [0.4, 0.5) is 11.4 Å². The Labute approximate surface area is 166 Å². The molecule has 0 atom stereocenters. The van der Waals surface area contributed by atoms with Gasteiger partial charge in [-0.3, -0.25) is 24.6 Å². The standard InChI is InChI=1S/C19H19N3O7/c1-27-14-4-6-16(28-2)12(7-14)9-20-18(23)10-21-15-8-13(22(25)26)3-5-17(15)29-11-19(21)24/h3-8H,9-11H2,1-2H3,(H,20,23). The van der Waals surface area contributed by atoms with Crippen LogP contribution in [0.15, 0.2) is 36.4 Å². The van der Waals surface area contributed by atoms with Crippen molar-refractivity contribution in [1.29, 1.82) is 0 Å². The highest BCUT2D eigenvalue weighted by atomic mass is 16.6. The topological polar surface area (TPSA) is 120 Å². The lowest BCUT2D eigenvalue weighted by atomic mass is 10.2. The van der Waals surface area contributed by atoms with Crippen LogP contribution in [0.3, 0.4) is 0 Å². The molecule has 0 aliphatic carbocycles. The van der Waals surface area contributed by atoms with Gasteiger partial charge in [-0.25, -0.2) is 0 Å². The summed E-state index contributed by atoms with van der Waals surface area (Å²) in [6.45, 7) is -0.399. The van der Waals surface area contributed by atoms with E-state index in [4.69, 9.17) is 14.2 Å². The SMILES string of the molecule is COc1ccc(OC)c(CNC(=O)CN2C(=O)COc3ccc([N+](=O)[O-])cc32)c1. The third kappa shape index (κ3) is 4.37. The highest BCUT2D eigenvalue weighted by Crippen LogP contribution is 2.35. The van der Waals surface area contributed by atoms with Crippen LogP contribution in [0.1, 0.15) is 5.56 Å². The largest absolute Gasteiger partial charge is 0.497 e. The summed E-state index contributed by atoms with van der Waals surface area (Å²) >= 11 is 0. The van der Waals surface area contributed by atoms with E-state index in [1.807, 2.05) is 0 Å². The van der Waals surface area contributed by atoms with E-state index in [1.54, 1.807) is 18.2 Å². The molecule has 2 aromatic rings. The lowest BCUT2D eigenvalue weighted by molar-refractivity contribution is -0.384. The first-order valence-corrected chi connectivity index (χ1v) is 8.62. The van der Waals surface area contributed by atoms with Gasteiger partial charge in [-0.1, -0.05) is 0 Å². The van der Waals surface area contributed by atoms with E-state index in [9.17, 15) is 19.7 Å². The number of amides is 2. The second-order valence-corrected chi connectivity index (χ2v) is 6.13. The molecule has 0 bridgehead atoms. The van der Waals surface area contributed by atoms with E-state index in [-0.39, 0.29) is 31.1 Å². The molecule has 29 heavy (non-hydrogen) atoms. The third-order valence-electron chi connectivity index (χ3n) is 4.36. The molecule has 0 radical (unpaired) electrons. The lowest BCUT2D eigenvalue weighted by Crippen LogP contribution is -2.45. The summed E-state index contributed by atoms with van der Waals surface area (Å²) in [5.41, 5.74) is 0.683. The predicted molar refractivity (Wildman–Crippen MR) is 102 cm³/mol. The van der Waals surface area contributed by atoms with E-state index in [1.165, 1.54) is 37.3 Å². The number of hydrogen-bond acceptors (Lipinski definition) is 7. The minimum absolute atomic E-state index is 0.152. The summed E-state index contributed by atoms with van der Waals surface area (Å²) < 4.78 is 15.7. The number of fused-ring (bicyclic) bond motifs is 1. The van der Waals surface area contributed by atoms with Gasteiger partial charge in [0.25, 0.3) is 11.6 Å². The second-order valence-electron chi connectivity index (χ2n) is 6.13. The average Bonchev–Trinajstić information content (AvgIpc) is 2.73. The van der Waals surface area contributed by atoms with Gasteiger partial charge in [0, 0.05) is 24.2 Å². The van der Waals surface area contributed by atoms with Crippen molar-refractivity contribution in [2.75, 3.05) is 32.3 Å². The number of nitrogens with zero attached hydrogens (tertiary/aromatic N) is 2. The van der Waals surface area contributed by atoms with Gasteiger partial charge in [-0.2, -0.15) is 0 Å². The number of rotatable bonds is 7. The second kappa shape index (κ2) is 8.46. The number of nitro benzene ring substituents is 1. The predicted octanol–water partition coefficient (Wildman–Crippen LogP) is 1.65. The summed E-state index contributed by atoms with van der Waals surface area (Å²) in [6.07, 6.45) is 0. The van der Waals surface area contributed by atoms with Crippen molar-refractivity contribution in [2.45, 2.75) is 6.54 Å². The minimum Gasteiger partial charge on any atom is -0.497 e. The Morgan fingerprint density at radius 2 is 2.03 bits per heavy atom. The zero-order chi connectivity index (χ0) is 21.0. The Morgan fingerprint density at radius 3 is 2.72 bits per heavy atom. The van der Waals surface area contributed by atoms with Gasteiger partial charge < -0.3 is 19.5 Å². The maximum Gasteiger partial charge on any atom is 0.271 e. The Balaban J connectivity index is 1.74. The Bertz CT molecular complexity index is 961. The normalized spacial score (nSPS) is 12.6. The number of non-ortho nitro benzene ring substituents is 1. The van der Waals surface area contributed by atoms with E-state index >= 15 is 0 Å². The van der Waals surface area contributed by atoms with Crippen molar-refractivity contribution in [1.82, 2.24) is 5.32 Å². The van der Waals surface area contributed by atoms with E-state index < -0.39 is 16.7 Å². The van der Waals surface area contributed by atoms with Gasteiger partial charge in [0.2, 0.25) is 5.91 Å². The molecule has 0 fully saturated rings. The minimum atomic E-state index is -0.577. The number of ether oxygens (including phenoxy) is 3. The van der Waals surface area contributed by atoms with Gasteiger partial charge >= 0.3 is 0 Å². The molecule has 1 N–H and O–H groups in total. The number of carbonyl (C=O) groups is 2. The number of methoxy groups -OCH3 is 2. The molecule has 0 aromatic heterocycles. The van der Waals surface area contributed by atoms with Crippen LogP contribution in [0.25, 0.3) is 0 Å². The van der Waals surface area contributed by atoms with Gasteiger partial charge in [0.15, 0.2) is 6.61 Å². The van der Waals surface area contributed by atoms with Gasteiger partial charge in [0.05, 0.1) is 24.8 Å². The van der Waals surface area contributed by atoms with Crippen LogP contribution in [0.5, 0.6) is 17.2 Å². The zero-order valence-electron chi connectivity index (χ0n) is 15.8. The number of benzene rings is 2. The molecular weight excluding hydrogens is 382 g/mol. The molecule has 0 saturated carbocycles. The van der Waals surface area contributed by atoms with Crippen molar-refractivity contribution in [3.05, 3.63) is 52.1 Å². The molecule has 0 saturated heterocycles. The fraction of sp³-hybridized carbons (Fsp3) is 0.263. The maximum atomic E-state index is 12.5. The van der Waals surface area contributed by atoms with Crippen molar-refractivity contribution in [3.63, 3.8) is 0 Å². The summed E-state index contributed by atoms with van der Waals surface area (Å²) in [5, 5.41) is 13.7. The molecule has 2 aromatic carbocycles. The molecular formula is C19H19N3O7. The number of anilines is 1. The maximum absolute atomic E-state index is 12.5. The van der Waals surface area contributed by atoms with Gasteiger partial charge in [-0.05, 0) is 24.3 Å². The first-order chi connectivity index (χ1) is 13.9. The van der Waals surface area contributed by atoms with Crippen molar-refractivity contribution in [3.8, 4) is 17.2 Å². The number of hydrogen-bond donors (Lipinski definition) is 1. The van der Waals surface area contributed by atoms with Crippen molar-refractivity contribution < 1.29 is 28.7 Å². The molecule has 10 heteroatoms. The molecule has 2 amide bonds. The Hall–Kier alpha value is -3.82. The highest BCUT2D eigenvalue weighted by molar-refractivity contribution is 6.02. The quantitative estimate of drug-likeness (QED) is 0.553. The van der Waals surface area contributed by atoms with Gasteiger partial charge in [-0.15, -0.1) is 0 Å². The zero-order valence-corrected chi connectivity index (χ0v) is 15.8. The van der Waals surface area contributed by atoms with Crippen LogP contribution in [-0.2, 0) is 16.1 Å². The summed E-state index contributed by atoms with van der Waals surface area (Å²) in [7, 11) is 3.05. The first-order valence-electron chi connectivity index (χ1n) is 8.62. The Kier molecular flexibility index (Phi) is 5.82. The van der Waals surface area contributed by atoms with Crippen LogP contribution >= 0.6 is 0 Å². The molecule has 152 valence electrons. The molecule has 1 heterocycles. The van der Waals surface area contributed by atoms with Gasteiger partial charge in [0.1, 0.15) is 23.8 Å². The number of nitrogens with one attached hydrogen (secondary N) is 1. The smallest absolute Gasteiger partial charge is 0.271 e. The van der Waals surface area contributed by atoms with E-state index in [2.05, 4.69) is 5.32 Å². The number of carbonyl (C=O) groups excluding carboxylic acids is 2.